The zero-order valence-electron chi connectivity index (χ0n) is 9.88. The van der Waals surface area contributed by atoms with Crippen molar-refractivity contribution in [2.24, 2.45) is 5.16 Å². The smallest absolute Gasteiger partial charge is 0.244 e. The summed E-state index contributed by atoms with van der Waals surface area (Å²) in [6, 6.07) is 3.23. The lowest BCUT2D eigenvalue weighted by molar-refractivity contribution is 0.309. The number of oxime groups is 1. The monoisotopic (exact) mass is 306 g/mol. The van der Waals surface area contributed by atoms with Crippen LogP contribution in [0.1, 0.15) is 12.8 Å². The Labute approximate surface area is 115 Å². The first-order valence-electron chi connectivity index (χ1n) is 5.60. The first kappa shape index (κ1) is 14.2. The van der Waals surface area contributed by atoms with Crippen molar-refractivity contribution in [2.75, 3.05) is 13.1 Å². The summed E-state index contributed by atoms with van der Waals surface area (Å²) in [5, 5.41) is 11.7. The van der Waals surface area contributed by atoms with Gasteiger partial charge in [0, 0.05) is 25.9 Å². The highest BCUT2D eigenvalue weighted by atomic mass is 35.5. The zero-order valence-corrected chi connectivity index (χ0v) is 11.5. The van der Waals surface area contributed by atoms with Crippen LogP contribution in [0.2, 0.25) is 5.02 Å². The first-order valence-corrected chi connectivity index (χ1v) is 7.42. The van der Waals surface area contributed by atoms with E-state index in [1.54, 1.807) is 0 Å². The Kier molecular flexibility index (Phi) is 4.07. The molecule has 104 valence electrons. The van der Waals surface area contributed by atoms with Crippen molar-refractivity contribution < 1.29 is 18.0 Å². The number of piperidine rings is 1. The summed E-state index contributed by atoms with van der Waals surface area (Å²) >= 11 is 5.82. The van der Waals surface area contributed by atoms with E-state index in [0.29, 0.717) is 18.6 Å². The van der Waals surface area contributed by atoms with Crippen LogP contribution in [0.5, 0.6) is 0 Å². The minimum Gasteiger partial charge on any atom is -0.411 e. The maximum atomic E-state index is 13.2. The molecule has 0 bridgehead atoms. The Bertz CT molecular complexity index is 608. The molecule has 0 spiro atoms. The fourth-order valence-electron chi connectivity index (χ4n) is 1.90. The van der Waals surface area contributed by atoms with Crippen molar-refractivity contribution >= 4 is 27.3 Å². The van der Waals surface area contributed by atoms with Crippen LogP contribution in [-0.4, -0.2) is 36.7 Å². The first-order chi connectivity index (χ1) is 8.95. The maximum Gasteiger partial charge on any atom is 0.244 e. The van der Waals surface area contributed by atoms with Gasteiger partial charge in [-0.3, -0.25) is 0 Å². The molecule has 1 aliphatic heterocycles. The average Bonchev–Trinajstić information content (AvgIpc) is 2.41. The summed E-state index contributed by atoms with van der Waals surface area (Å²) in [7, 11) is -3.82. The van der Waals surface area contributed by atoms with Gasteiger partial charge in [-0.15, -0.1) is 0 Å². The number of sulfonamides is 1. The molecule has 0 saturated carbocycles. The van der Waals surface area contributed by atoms with Crippen molar-refractivity contribution in [1.29, 1.82) is 0 Å². The van der Waals surface area contributed by atoms with E-state index in [-0.39, 0.29) is 23.0 Å². The van der Waals surface area contributed by atoms with E-state index in [2.05, 4.69) is 5.16 Å². The fraction of sp³-hybridized carbons (Fsp3) is 0.364. The van der Waals surface area contributed by atoms with E-state index < -0.39 is 15.8 Å². The second-order valence-corrected chi connectivity index (χ2v) is 6.46. The molecule has 2 rings (SSSR count). The quantitative estimate of drug-likeness (QED) is 0.672. The molecule has 5 nitrogen and oxygen atoms in total. The van der Waals surface area contributed by atoms with Gasteiger partial charge in [0.1, 0.15) is 10.7 Å². The van der Waals surface area contributed by atoms with E-state index in [1.165, 1.54) is 10.4 Å². The van der Waals surface area contributed by atoms with Crippen LogP contribution in [0.15, 0.2) is 28.3 Å². The number of nitrogens with zero attached hydrogens (tertiary/aromatic N) is 2. The largest absolute Gasteiger partial charge is 0.411 e. The van der Waals surface area contributed by atoms with Crippen LogP contribution in [0.4, 0.5) is 4.39 Å². The summed E-state index contributed by atoms with van der Waals surface area (Å²) < 4.78 is 39.0. The minimum atomic E-state index is -3.82. The summed E-state index contributed by atoms with van der Waals surface area (Å²) in [5.41, 5.74) is 0.553. The molecule has 0 aromatic heterocycles. The fourth-order valence-corrected chi connectivity index (χ4v) is 3.83. The zero-order chi connectivity index (χ0) is 14.0. The van der Waals surface area contributed by atoms with Crippen molar-refractivity contribution in [1.82, 2.24) is 4.31 Å². The highest BCUT2D eigenvalue weighted by molar-refractivity contribution is 7.89. The highest BCUT2D eigenvalue weighted by Crippen LogP contribution is 2.27. The molecule has 1 aromatic rings. The molecule has 0 atom stereocenters. The third-order valence-electron chi connectivity index (χ3n) is 2.95. The third-order valence-corrected chi connectivity index (χ3v) is 5.33. The van der Waals surface area contributed by atoms with E-state index in [0.717, 1.165) is 12.1 Å². The van der Waals surface area contributed by atoms with Gasteiger partial charge in [-0.05, 0) is 18.2 Å². The number of halogens is 2. The number of benzene rings is 1. The molecule has 1 saturated heterocycles. The van der Waals surface area contributed by atoms with Crippen LogP contribution < -0.4 is 0 Å². The molecule has 1 fully saturated rings. The van der Waals surface area contributed by atoms with E-state index in [4.69, 9.17) is 16.8 Å². The van der Waals surface area contributed by atoms with Gasteiger partial charge in [0.05, 0.1) is 10.7 Å². The van der Waals surface area contributed by atoms with Gasteiger partial charge in [0.15, 0.2) is 0 Å². The molecule has 0 amide bonds. The predicted molar refractivity (Wildman–Crippen MR) is 68.6 cm³/mol. The van der Waals surface area contributed by atoms with Gasteiger partial charge in [-0.25, -0.2) is 12.8 Å². The lowest BCUT2D eigenvalue weighted by Gasteiger charge is -2.26. The molecular formula is C11H12ClFN2O3S. The number of hydrogen-bond acceptors (Lipinski definition) is 4. The SMILES string of the molecule is O=S(=O)(c1cc(F)ccc1Cl)N1CCC(=NO)CC1. The van der Waals surface area contributed by atoms with E-state index in [1.807, 2.05) is 0 Å². The van der Waals surface area contributed by atoms with Crippen molar-refractivity contribution in [3.8, 4) is 0 Å². The molecule has 1 heterocycles. The average molecular weight is 307 g/mol. The Hall–Kier alpha value is -1.18. The van der Waals surface area contributed by atoms with Gasteiger partial charge >= 0.3 is 0 Å². The lowest BCUT2D eigenvalue weighted by atomic mass is 10.1. The van der Waals surface area contributed by atoms with Crippen LogP contribution in [0.25, 0.3) is 0 Å². The van der Waals surface area contributed by atoms with Gasteiger partial charge in [0.2, 0.25) is 10.0 Å². The predicted octanol–water partition coefficient (Wildman–Crippen LogP) is 2.09. The normalized spacial score (nSPS) is 17.5. The lowest BCUT2D eigenvalue weighted by Crippen LogP contribution is -2.38. The summed E-state index contributed by atoms with van der Waals surface area (Å²) in [4.78, 5) is -0.237. The van der Waals surface area contributed by atoms with Crippen molar-refractivity contribution in [2.45, 2.75) is 17.7 Å². The van der Waals surface area contributed by atoms with Crippen molar-refractivity contribution in [3.63, 3.8) is 0 Å². The Morgan fingerprint density at radius 1 is 1.32 bits per heavy atom. The summed E-state index contributed by atoms with van der Waals surface area (Å²) in [6.45, 7) is 0.378. The Morgan fingerprint density at radius 3 is 2.53 bits per heavy atom. The van der Waals surface area contributed by atoms with Crippen molar-refractivity contribution in [3.05, 3.63) is 29.0 Å². The molecule has 8 heteroatoms. The summed E-state index contributed by atoms with van der Waals surface area (Å²) in [6.07, 6.45) is 0.700. The molecule has 0 radical (unpaired) electrons. The topological polar surface area (TPSA) is 70.0 Å². The molecule has 0 aliphatic carbocycles. The van der Waals surface area contributed by atoms with Gasteiger partial charge in [-0.2, -0.15) is 4.31 Å². The second kappa shape index (κ2) is 5.44. The molecule has 1 aliphatic rings. The van der Waals surface area contributed by atoms with E-state index in [9.17, 15) is 12.8 Å². The standard InChI is InChI=1S/C11H12ClFN2O3S/c12-10-2-1-8(13)7-11(10)19(17,18)15-5-3-9(14-16)4-6-15/h1-2,7,16H,3-6H2. The number of hydrogen-bond donors (Lipinski definition) is 1. The summed E-state index contributed by atoms with van der Waals surface area (Å²) in [5.74, 6) is -0.655. The third kappa shape index (κ3) is 2.88. The second-order valence-electron chi connectivity index (χ2n) is 4.15. The van der Waals surface area contributed by atoms with Crippen LogP contribution in [0, 0.1) is 5.82 Å². The molecular weight excluding hydrogens is 295 g/mol. The van der Waals surface area contributed by atoms with Gasteiger partial charge in [0.25, 0.3) is 0 Å². The highest BCUT2D eigenvalue weighted by Gasteiger charge is 2.30. The maximum absolute atomic E-state index is 13.2. The van der Waals surface area contributed by atoms with Crippen LogP contribution in [-0.2, 0) is 10.0 Å². The minimum absolute atomic E-state index is 0.0111. The van der Waals surface area contributed by atoms with Gasteiger partial charge < -0.3 is 5.21 Å². The molecule has 1 aromatic carbocycles. The Morgan fingerprint density at radius 2 is 1.95 bits per heavy atom. The molecule has 1 N–H and O–H groups in total. The molecule has 19 heavy (non-hydrogen) atoms. The Balaban J connectivity index is 2.31. The molecule has 0 unspecified atom stereocenters. The number of rotatable bonds is 2. The van der Waals surface area contributed by atoms with Gasteiger partial charge in [-0.1, -0.05) is 16.8 Å². The van der Waals surface area contributed by atoms with E-state index >= 15 is 0 Å². The van der Waals surface area contributed by atoms with Crippen LogP contribution in [0.3, 0.4) is 0 Å². The van der Waals surface area contributed by atoms with Crippen LogP contribution >= 0.6 is 11.6 Å².